The fourth-order valence-corrected chi connectivity index (χ4v) is 2.46. The molecule has 0 aliphatic heterocycles. The number of benzene rings is 2. The van der Waals surface area contributed by atoms with Crippen LogP contribution in [0.3, 0.4) is 0 Å². The van der Waals surface area contributed by atoms with Gasteiger partial charge in [0.15, 0.2) is 0 Å². The van der Waals surface area contributed by atoms with E-state index in [1.807, 2.05) is 42.5 Å². The summed E-state index contributed by atoms with van der Waals surface area (Å²) in [5, 5.41) is 3.42. The van der Waals surface area contributed by atoms with Crippen molar-refractivity contribution in [2.24, 2.45) is 0 Å². The molecule has 0 bridgehead atoms. The van der Waals surface area contributed by atoms with Crippen LogP contribution in [0.15, 0.2) is 53.0 Å². The Morgan fingerprint density at radius 1 is 1.24 bits per heavy atom. The molecule has 2 aromatic carbocycles. The van der Waals surface area contributed by atoms with Gasteiger partial charge < -0.3 is 10.1 Å². The average Bonchev–Trinajstić information content (AvgIpc) is 2.47. The number of carbonyl (C=O) groups excluding carboxylic acids is 1. The largest absolute Gasteiger partial charge is 0.462 e. The second-order valence-electron chi connectivity index (χ2n) is 4.72. The SMILES string of the molecule is CCOC(=O)c1cccc([C@H](C)Nc2cccc(Br)c2)c1. The molecule has 1 atom stereocenters. The fourth-order valence-electron chi connectivity index (χ4n) is 2.06. The van der Waals surface area contributed by atoms with Crippen molar-refractivity contribution < 1.29 is 9.53 Å². The lowest BCUT2D eigenvalue weighted by Crippen LogP contribution is -2.09. The number of hydrogen-bond acceptors (Lipinski definition) is 3. The van der Waals surface area contributed by atoms with Gasteiger partial charge in [-0.15, -0.1) is 0 Å². The Hall–Kier alpha value is -1.81. The van der Waals surface area contributed by atoms with Crippen LogP contribution >= 0.6 is 15.9 Å². The molecule has 0 spiro atoms. The van der Waals surface area contributed by atoms with Crippen LogP contribution < -0.4 is 5.32 Å². The summed E-state index contributed by atoms with van der Waals surface area (Å²) in [5.41, 5.74) is 2.65. The van der Waals surface area contributed by atoms with E-state index in [9.17, 15) is 4.79 Å². The molecule has 0 unspecified atom stereocenters. The van der Waals surface area contributed by atoms with Crippen LogP contribution in [0, 0.1) is 0 Å². The third kappa shape index (κ3) is 4.33. The van der Waals surface area contributed by atoms with Gasteiger partial charge in [-0.05, 0) is 49.7 Å². The summed E-state index contributed by atoms with van der Waals surface area (Å²) in [4.78, 5) is 11.8. The number of nitrogens with one attached hydrogen (secondary N) is 1. The van der Waals surface area contributed by atoms with E-state index in [4.69, 9.17) is 4.74 Å². The lowest BCUT2D eigenvalue weighted by molar-refractivity contribution is 0.0526. The number of rotatable bonds is 5. The van der Waals surface area contributed by atoms with Gasteiger partial charge in [0, 0.05) is 16.2 Å². The highest BCUT2D eigenvalue weighted by atomic mass is 79.9. The molecule has 0 aromatic heterocycles. The minimum atomic E-state index is -0.283. The first-order valence-corrected chi connectivity index (χ1v) is 7.68. The molecule has 0 amide bonds. The van der Waals surface area contributed by atoms with Gasteiger partial charge in [-0.3, -0.25) is 0 Å². The Kier molecular flexibility index (Phi) is 5.39. The zero-order chi connectivity index (χ0) is 15.2. The molecule has 0 saturated heterocycles. The summed E-state index contributed by atoms with van der Waals surface area (Å²) >= 11 is 3.46. The van der Waals surface area contributed by atoms with Gasteiger partial charge in [-0.2, -0.15) is 0 Å². The average molecular weight is 348 g/mol. The summed E-state index contributed by atoms with van der Waals surface area (Å²) in [7, 11) is 0. The number of halogens is 1. The minimum Gasteiger partial charge on any atom is -0.462 e. The third-order valence-electron chi connectivity index (χ3n) is 3.11. The van der Waals surface area contributed by atoms with Crippen molar-refractivity contribution in [3.63, 3.8) is 0 Å². The molecule has 0 aliphatic carbocycles. The zero-order valence-corrected chi connectivity index (χ0v) is 13.7. The number of esters is 1. The molecule has 0 saturated carbocycles. The van der Waals surface area contributed by atoms with Crippen molar-refractivity contribution in [1.29, 1.82) is 0 Å². The highest BCUT2D eigenvalue weighted by Crippen LogP contribution is 2.22. The van der Waals surface area contributed by atoms with Crippen LogP contribution in [-0.4, -0.2) is 12.6 Å². The van der Waals surface area contributed by atoms with E-state index in [1.54, 1.807) is 13.0 Å². The molecule has 3 nitrogen and oxygen atoms in total. The Morgan fingerprint density at radius 2 is 2.00 bits per heavy atom. The first-order valence-electron chi connectivity index (χ1n) is 6.89. The summed E-state index contributed by atoms with van der Waals surface area (Å²) in [6, 6.07) is 15.6. The zero-order valence-electron chi connectivity index (χ0n) is 12.1. The highest BCUT2D eigenvalue weighted by Gasteiger charge is 2.10. The van der Waals surface area contributed by atoms with E-state index < -0.39 is 0 Å². The predicted molar refractivity (Wildman–Crippen MR) is 88.6 cm³/mol. The summed E-state index contributed by atoms with van der Waals surface area (Å²) in [5.74, 6) is -0.283. The van der Waals surface area contributed by atoms with Crippen LogP contribution in [-0.2, 0) is 4.74 Å². The molecule has 21 heavy (non-hydrogen) atoms. The highest BCUT2D eigenvalue weighted by molar-refractivity contribution is 9.10. The van der Waals surface area contributed by atoms with Crippen molar-refractivity contribution in [2.75, 3.05) is 11.9 Å². The maximum Gasteiger partial charge on any atom is 0.338 e. The van der Waals surface area contributed by atoms with Crippen LogP contribution in [0.25, 0.3) is 0 Å². The normalized spacial score (nSPS) is 11.8. The van der Waals surface area contributed by atoms with Crippen molar-refractivity contribution in [3.8, 4) is 0 Å². The summed E-state index contributed by atoms with van der Waals surface area (Å²) in [6.45, 7) is 4.25. The molecule has 0 fully saturated rings. The minimum absolute atomic E-state index is 0.0914. The molecule has 0 heterocycles. The van der Waals surface area contributed by atoms with Gasteiger partial charge in [-0.25, -0.2) is 4.79 Å². The molecular formula is C17H18BrNO2. The summed E-state index contributed by atoms with van der Waals surface area (Å²) in [6.07, 6.45) is 0. The van der Waals surface area contributed by atoms with E-state index in [1.165, 1.54) is 0 Å². The van der Waals surface area contributed by atoms with Gasteiger partial charge in [0.2, 0.25) is 0 Å². The standard InChI is InChI=1S/C17H18BrNO2/c1-3-21-17(20)14-7-4-6-13(10-14)12(2)19-16-9-5-8-15(18)11-16/h4-12,19H,3H2,1-2H3/t12-/m0/s1. The van der Waals surface area contributed by atoms with Crippen LogP contribution in [0.1, 0.15) is 35.8 Å². The number of hydrogen-bond donors (Lipinski definition) is 1. The lowest BCUT2D eigenvalue weighted by atomic mass is 10.0. The van der Waals surface area contributed by atoms with Gasteiger partial charge in [0.25, 0.3) is 0 Å². The second kappa shape index (κ2) is 7.27. The maximum atomic E-state index is 11.8. The van der Waals surface area contributed by atoms with E-state index in [-0.39, 0.29) is 12.0 Å². The fraction of sp³-hybridized carbons (Fsp3) is 0.235. The molecule has 2 rings (SSSR count). The van der Waals surface area contributed by atoms with Gasteiger partial charge in [-0.1, -0.05) is 34.1 Å². The lowest BCUT2D eigenvalue weighted by Gasteiger charge is -2.16. The monoisotopic (exact) mass is 347 g/mol. The van der Waals surface area contributed by atoms with Crippen LogP contribution in [0.4, 0.5) is 5.69 Å². The first-order chi connectivity index (χ1) is 10.1. The van der Waals surface area contributed by atoms with Crippen molar-refractivity contribution in [3.05, 3.63) is 64.1 Å². The van der Waals surface area contributed by atoms with Crippen LogP contribution in [0.5, 0.6) is 0 Å². The van der Waals surface area contributed by atoms with Gasteiger partial charge >= 0.3 is 5.97 Å². The quantitative estimate of drug-likeness (QED) is 0.789. The predicted octanol–water partition coefficient (Wildman–Crippen LogP) is 4.80. The molecule has 1 N–H and O–H groups in total. The van der Waals surface area contributed by atoms with Gasteiger partial charge in [0.1, 0.15) is 0 Å². The van der Waals surface area contributed by atoms with Crippen molar-refractivity contribution in [2.45, 2.75) is 19.9 Å². The summed E-state index contributed by atoms with van der Waals surface area (Å²) < 4.78 is 6.06. The number of carbonyl (C=O) groups is 1. The van der Waals surface area contributed by atoms with E-state index in [2.05, 4.69) is 28.2 Å². The molecule has 0 radical (unpaired) electrons. The smallest absolute Gasteiger partial charge is 0.338 e. The molecule has 110 valence electrons. The number of ether oxygens (including phenoxy) is 1. The van der Waals surface area contributed by atoms with Crippen molar-refractivity contribution >= 4 is 27.6 Å². The second-order valence-corrected chi connectivity index (χ2v) is 5.64. The topological polar surface area (TPSA) is 38.3 Å². The Bertz CT molecular complexity index is 628. The van der Waals surface area contributed by atoms with Crippen LogP contribution in [0.2, 0.25) is 0 Å². The van der Waals surface area contributed by atoms with E-state index in [0.29, 0.717) is 12.2 Å². The first kappa shape index (κ1) is 15.6. The Labute approximate surface area is 133 Å². The third-order valence-corrected chi connectivity index (χ3v) is 3.60. The molecule has 4 heteroatoms. The Morgan fingerprint density at radius 3 is 2.71 bits per heavy atom. The Balaban J connectivity index is 2.14. The van der Waals surface area contributed by atoms with E-state index >= 15 is 0 Å². The molecular weight excluding hydrogens is 330 g/mol. The van der Waals surface area contributed by atoms with E-state index in [0.717, 1.165) is 15.7 Å². The molecule has 2 aromatic rings. The maximum absolute atomic E-state index is 11.8. The number of anilines is 1. The molecule has 0 aliphatic rings. The van der Waals surface area contributed by atoms with Gasteiger partial charge in [0.05, 0.1) is 12.2 Å². The van der Waals surface area contributed by atoms with Crippen molar-refractivity contribution in [1.82, 2.24) is 0 Å².